The highest BCUT2D eigenvalue weighted by Crippen LogP contribution is 2.28. The third kappa shape index (κ3) is 4.49. The first-order chi connectivity index (χ1) is 13.2. The summed E-state index contributed by atoms with van der Waals surface area (Å²) in [5.74, 6) is -1.18. The van der Waals surface area contributed by atoms with E-state index in [9.17, 15) is 17.6 Å². The van der Waals surface area contributed by atoms with Gasteiger partial charge < -0.3 is 5.32 Å². The van der Waals surface area contributed by atoms with E-state index in [0.29, 0.717) is 24.0 Å². The predicted octanol–water partition coefficient (Wildman–Crippen LogP) is 4.81. The molecule has 0 aliphatic carbocycles. The zero-order valence-corrected chi connectivity index (χ0v) is 17.4. The largest absolute Gasteiger partial charge is 0.320 e. The minimum Gasteiger partial charge on any atom is -0.320 e. The maximum absolute atomic E-state index is 14.3. The quantitative estimate of drug-likeness (QED) is 0.735. The van der Waals surface area contributed by atoms with Crippen LogP contribution in [0.25, 0.3) is 0 Å². The van der Waals surface area contributed by atoms with Crippen LogP contribution in [-0.2, 0) is 10.0 Å². The van der Waals surface area contributed by atoms with Crippen molar-refractivity contribution in [3.63, 3.8) is 0 Å². The van der Waals surface area contributed by atoms with Crippen molar-refractivity contribution < 1.29 is 17.6 Å². The summed E-state index contributed by atoms with van der Waals surface area (Å²) in [6.07, 6.45) is 1.53. The van der Waals surface area contributed by atoms with Gasteiger partial charge in [-0.25, -0.2) is 12.8 Å². The molecule has 0 radical (unpaired) electrons. The van der Waals surface area contributed by atoms with Crippen molar-refractivity contribution in [1.29, 1.82) is 0 Å². The van der Waals surface area contributed by atoms with Gasteiger partial charge in [-0.15, -0.1) is 0 Å². The highest BCUT2D eigenvalue weighted by molar-refractivity contribution is 7.89. The normalized spacial score (nSPS) is 16.1. The molecule has 3 rings (SSSR count). The van der Waals surface area contributed by atoms with Crippen LogP contribution >= 0.6 is 23.2 Å². The average Bonchev–Trinajstić information content (AvgIpc) is 2.65. The van der Waals surface area contributed by atoms with Crippen LogP contribution in [0.2, 0.25) is 10.0 Å². The van der Waals surface area contributed by atoms with Gasteiger partial charge in [0.15, 0.2) is 0 Å². The van der Waals surface area contributed by atoms with Crippen molar-refractivity contribution in [2.45, 2.75) is 24.7 Å². The third-order valence-corrected chi connectivity index (χ3v) is 7.20. The third-order valence-electron chi connectivity index (χ3n) is 4.74. The number of hydrogen-bond donors (Lipinski definition) is 1. The number of sulfonamides is 1. The van der Waals surface area contributed by atoms with Gasteiger partial charge in [0.25, 0.3) is 5.91 Å². The van der Waals surface area contributed by atoms with Gasteiger partial charge in [-0.05, 0) is 55.2 Å². The summed E-state index contributed by atoms with van der Waals surface area (Å²) < 4.78 is 41.4. The van der Waals surface area contributed by atoms with E-state index in [1.807, 2.05) is 0 Å². The molecular formula is C19H19Cl2FN2O3S. The average molecular weight is 445 g/mol. The van der Waals surface area contributed by atoms with E-state index in [4.69, 9.17) is 23.2 Å². The number of nitrogens with one attached hydrogen (secondary N) is 1. The Labute approximate surface area is 173 Å². The van der Waals surface area contributed by atoms with E-state index >= 15 is 0 Å². The fourth-order valence-electron chi connectivity index (χ4n) is 3.00. The molecule has 1 aliphatic rings. The number of amides is 1. The van der Waals surface area contributed by atoms with Crippen LogP contribution in [0.3, 0.4) is 0 Å². The molecule has 1 saturated heterocycles. The fourth-order valence-corrected chi connectivity index (χ4v) is 4.83. The topological polar surface area (TPSA) is 66.5 Å². The van der Waals surface area contributed by atoms with Crippen LogP contribution in [0.5, 0.6) is 0 Å². The molecule has 150 valence electrons. The summed E-state index contributed by atoms with van der Waals surface area (Å²) >= 11 is 11.9. The van der Waals surface area contributed by atoms with E-state index in [1.54, 1.807) is 6.07 Å². The van der Waals surface area contributed by atoms with Gasteiger partial charge in [-0.2, -0.15) is 4.31 Å². The summed E-state index contributed by atoms with van der Waals surface area (Å²) in [6.45, 7) is 2.88. The summed E-state index contributed by atoms with van der Waals surface area (Å²) in [5.41, 5.74) is -0.181. The molecule has 5 nitrogen and oxygen atoms in total. The number of benzene rings is 2. The molecule has 1 N–H and O–H groups in total. The van der Waals surface area contributed by atoms with Crippen LogP contribution in [-0.4, -0.2) is 31.7 Å². The summed E-state index contributed by atoms with van der Waals surface area (Å²) in [5, 5.41) is 3.04. The zero-order valence-electron chi connectivity index (χ0n) is 15.1. The van der Waals surface area contributed by atoms with Gasteiger partial charge in [-0.3, -0.25) is 4.79 Å². The molecule has 1 amide bonds. The zero-order chi connectivity index (χ0) is 20.5. The Balaban J connectivity index is 1.89. The first kappa shape index (κ1) is 21.0. The lowest BCUT2D eigenvalue weighted by Crippen LogP contribution is -2.38. The van der Waals surface area contributed by atoms with Crippen molar-refractivity contribution in [3.8, 4) is 0 Å². The molecule has 0 atom stereocenters. The number of hydrogen-bond acceptors (Lipinski definition) is 3. The van der Waals surface area contributed by atoms with Crippen molar-refractivity contribution in [2.75, 3.05) is 18.4 Å². The van der Waals surface area contributed by atoms with Gasteiger partial charge in [0.2, 0.25) is 10.0 Å². The maximum atomic E-state index is 14.3. The Morgan fingerprint density at radius 3 is 2.50 bits per heavy atom. The molecule has 0 spiro atoms. The monoisotopic (exact) mass is 444 g/mol. The van der Waals surface area contributed by atoms with Gasteiger partial charge in [-0.1, -0.05) is 30.1 Å². The molecule has 28 heavy (non-hydrogen) atoms. The molecule has 0 unspecified atom stereocenters. The molecule has 0 aromatic heterocycles. The van der Waals surface area contributed by atoms with Gasteiger partial charge >= 0.3 is 0 Å². The van der Waals surface area contributed by atoms with Crippen LogP contribution in [0.15, 0.2) is 41.3 Å². The smallest absolute Gasteiger partial charge is 0.258 e. The number of piperidine rings is 1. The lowest BCUT2D eigenvalue weighted by Gasteiger charge is -2.29. The Kier molecular flexibility index (Phi) is 6.29. The molecule has 0 saturated carbocycles. The lowest BCUT2D eigenvalue weighted by molar-refractivity contribution is 0.102. The Morgan fingerprint density at radius 1 is 1.14 bits per heavy atom. The van der Waals surface area contributed by atoms with E-state index in [1.165, 1.54) is 22.5 Å². The molecule has 1 aliphatic heterocycles. The van der Waals surface area contributed by atoms with E-state index in [2.05, 4.69) is 12.2 Å². The van der Waals surface area contributed by atoms with Crippen molar-refractivity contribution in [2.24, 2.45) is 5.92 Å². The highest BCUT2D eigenvalue weighted by atomic mass is 35.5. The van der Waals surface area contributed by atoms with Crippen molar-refractivity contribution >= 4 is 44.8 Å². The van der Waals surface area contributed by atoms with E-state index in [0.717, 1.165) is 25.0 Å². The lowest BCUT2D eigenvalue weighted by atomic mass is 10.0. The number of anilines is 1. The minimum atomic E-state index is -3.81. The second-order valence-electron chi connectivity index (χ2n) is 6.81. The molecule has 0 bridgehead atoms. The van der Waals surface area contributed by atoms with Crippen molar-refractivity contribution in [3.05, 3.63) is 57.8 Å². The van der Waals surface area contributed by atoms with E-state index in [-0.39, 0.29) is 21.2 Å². The fraction of sp³-hybridized carbons (Fsp3) is 0.316. The number of halogens is 3. The molecular weight excluding hydrogens is 426 g/mol. The predicted molar refractivity (Wildman–Crippen MR) is 108 cm³/mol. The second kappa shape index (κ2) is 8.37. The van der Waals surface area contributed by atoms with Gasteiger partial charge in [0.05, 0.1) is 21.2 Å². The standard InChI is InChI=1S/C19H19Cl2FN2O3S/c1-12-6-8-24(9-7-12)28(26,27)14-3-5-17(22)15(11-14)19(25)23-18-10-13(20)2-4-16(18)21/h2-5,10-12H,6-9H2,1H3,(H,23,25). The Morgan fingerprint density at radius 2 is 1.82 bits per heavy atom. The second-order valence-corrected chi connectivity index (χ2v) is 9.59. The SMILES string of the molecule is CC1CCN(S(=O)(=O)c2ccc(F)c(C(=O)Nc3cc(Cl)ccc3Cl)c2)CC1. The van der Waals surface area contributed by atoms with Crippen LogP contribution in [0.4, 0.5) is 10.1 Å². The Hall–Kier alpha value is -1.67. The molecule has 9 heteroatoms. The number of carbonyl (C=O) groups excluding carboxylic acids is 1. The first-order valence-electron chi connectivity index (χ1n) is 8.74. The maximum Gasteiger partial charge on any atom is 0.258 e. The summed E-state index contributed by atoms with van der Waals surface area (Å²) in [6, 6.07) is 7.67. The number of carbonyl (C=O) groups is 1. The van der Waals surface area contributed by atoms with Crippen LogP contribution < -0.4 is 5.32 Å². The summed E-state index contributed by atoms with van der Waals surface area (Å²) in [7, 11) is -3.81. The van der Waals surface area contributed by atoms with Gasteiger partial charge in [0, 0.05) is 18.1 Å². The Bertz CT molecular complexity index is 1010. The number of nitrogens with zero attached hydrogens (tertiary/aromatic N) is 1. The molecule has 1 heterocycles. The summed E-state index contributed by atoms with van der Waals surface area (Å²) in [4.78, 5) is 12.4. The first-order valence-corrected chi connectivity index (χ1v) is 10.9. The molecule has 2 aromatic carbocycles. The highest BCUT2D eigenvalue weighted by Gasteiger charge is 2.29. The molecule has 1 fully saturated rings. The number of rotatable bonds is 4. The van der Waals surface area contributed by atoms with Crippen LogP contribution in [0, 0.1) is 11.7 Å². The van der Waals surface area contributed by atoms with E-state index < -0.39 is 21.7 Å². The van der Waals surface area contributed by atoms with Gasteiger partial charge in [0.1, 0.15) is 5.82 Å². The van der Waals surface area contributed by atoms with Crippen LogP contribution in [0.1, 0.15) is 30.1 Å². The molecule has 2 aromatic rings. The minimum absolute atomic E-state index is 0.120. The van der Waals surface area contributed by atoms with Crippen molar-refractivity contribution in [1.82, 2.24) is 4.31 Å².